The Kier molecular flexibility index (Phi) is 5.69. The van der Waals surface area contributed by atoms with Gasteiger partial charge in [0.05, 0.1) is 16.3 Å². The maximum Gasteiger partial charge on any atom is 0.271 e. The molecule has 0 radical (unpaired) electrons. The van der Waals surface area contributed by atoms with Crippen molar-refractivity contribution < 1.29 is 4.79 Å². The number of benzene rings is 3. The summed E-state index contributed by atoms with van der Waals surface area (Å²) in [6, 6.07) is 23.7. The minimum Gasteiger partial charge on any atom is -0.268 e. The lowest BCUT2D eigenvalue weighted by molar-refractivity contribution is -0.113. The van der Waals surface area contributed by atoms with Crippen LogP contribution in [0.4, 0.5) is 11.4 Å². The summed E-state index contributed by atoms with van der Waals surface area (Å²) in [7, 11) is 0. The number of carbonyl (C=O) groups is 1. The van der Waals surface area contributed by atoms with Crippen LogP contribution < -0.4 is 4.90 Å². The predicted molar refractivity (Wildman–Crippen MR) is 127 cm³/mol. The number of aryl methyl sites for hydroxylation is 2. The molecule has 0 atom stereocenters. The minimum absolute atomic E-state index is 0.0610. The first-order valence-electron chi connectivity index (χ1n) is 9.22. The molecule has 1 fully saturated rings. The van der Waals surface area contributed by atoms with Gasteiger partial charge in [-0.3, -0.25) is 9.69 Å². The Labute approximate surface area is 183 Å². The Bertz CT molecular complexity index is 1100. The molecule has 0 spiro atoms. The molecule has 4 rings (SSSR count). The molecule has 1 heterocycles. The van der Waals surface area contributed by atoms with Crippen LogP contribution in [0.2, 0.25) is 0 Å². The Hall–Kier alpha value is -2.63. The van der Waals surface area contributed by atoms with Gasteiger partial charge < -0.3 is 0 Å². The fourth-order valence-electron chi connectivity index (χ4n) is 3.14. The first-order valence-corrected chi connectivity index (χ1v) is 10.8. The van der Waals surface area contributed by atoms with Crippen LogP contribution in [0.3, 0.4) is 0 Å². The number of amidine groups is 1. The number of aliphatic imine (C=N–C) groups is 1. The molecule has 0 aliphatic carbocycles. The van der Waals surface area contributed by atoms with E-state index in [9.17, 15) is 4.79 Å². The van der Waals surface area contributed by atoms with Gasteiger partial charge in [-0.25, -0.2) is 4.99 Å². The monoisotopic (exact) mass is 462 g/mol. The van der Waals surface area contributed by atoms with E-state index in [1.165, 1.54) is 11.8 Å². The van der Waals surface area contributed by atoms with E-state index in [0.29, 0.717) is 10.1 Å². The summed E-state index contributed by atoms with van der Waals surface area (Å²) in [5, 5.41) is 0.668. The second-order valence-corrected chi connectivity index (χ2v) is 8.70. The second kappa shape index (κ2) is 8.39. The summed E-state index contributed by atoms with van der Waals surface area (Å²) >= 11 is 4.86. The van der Waals surface area contributed by atoms with Gasteiger partial charge in [0.25, 0.3) is 5.91 Å². The van der Waals surface area contributed by atoms with Gasteiger partial charge >= 0.3 is 0 Å². The van der Waals surface area contributed by atoms with Gasteiger partial charge in [0.2, 0.25) is 0 Å². The minimum atomic E-state index is -0.0610. The van der Waals surface area contributed by atoms with Crippen LogP contribution in [0, 0.1) is 13.8 Å². The topological polar surface area (TPSA) is 32.7 Å². The predicted octanol–water partition coefficient (Wildman–Crippen LogP) is 6.87. The highest BCUT2D eigenvalue weighted by atomic mass is 79.9. The summed E-state index contributed by atoms with van der Waals surface area (Å²) < 4.78 is 1.01. The summed E-state index contributed by atoms with van der Waals surface area (Å²) in [5.41, 5.74) is 4.88. The standard InChI is InChI=1S/C24H19BrN2OS/c1-16-7-6-8-17(2)22(16)26-24-27(20-9-4-3-5-10-20)23(28)21(29-24)15-18-11-13-19(25)14-12-18/h3-15H,1-2H3. The van der Waals surface area contributed by atoms with Gasteiger partial charge in [-0.05, 0) is 72.6 Å². The van der Waals surface area contributed by atoms with Crippen molar-refractivity contribution in [3.63, 3.8) is 0 Å². The zero-order valence-electron chi connectivity index (χ0n) is 16.1. The maximum absolute atomic E-state index is 13.3. The Balaban J connectivity index is 1.81. The average Bonchev–Trinajstić information content (AvgIpc) is 3.02. The number of anilines is 1. The van der Waals surface area contributed by atoms with Crippen molar-refractivity contribution in [1.82, 2.24) is 0 Å². The first-order chi connectivity index (χ1) is 14.0. The van der Waals surface area contributed by atoms with E-state index in [1.54, 1.807) is 4.90 Å². The van der Waals surface area contributed by atoms with E-state index in [4.69, 9.17) is 4.99 Å². The summed E-state index contributed by atoms with van der Waals surface area (Å²) in [5.74, 6) is -0.0610. The van der Waals surface area contributed by atoms with Crippen molar-refractivity contribution in [3.05, 3.63) is 98.9 Å². The molecule has 0 N–H and O–H groups in total. The Morgan fingerprint density at radius 3 is 2.21 bits per heavy atom. The fraction of sp³-hybridized carbons (Fsp3) is 0.0833. The quantitative estimate of drug-likeness (QED) is 0.397. The number of rotatable bonds is 3. The number of carbonyl (C=O) groups excluding carboxylic acids is 1. The molecule has 3 aromatic carbocycles. The van der Waals surface area contributed by atoms with Gasteiger partial charge in [-0.2, -0.15) is 0 Å². The lowest BCUT2D eigenvalue weighted by Gasteiger charge is -2.16. The lowest BCUT2D eigenvalue weighted by atomic mass is 10.1. The number of thioether (sulfide) groups is 1. The summed E-state index contributed by atoms with van der Waals surface area (Å²) in [6.07, 6.45) is 1.92. The third kappa shape index (κ3) is 4.21. The van der Waals surface area contributed by atoms with Crippen LogP contribution in [-0.2, 0) is 4.79 Å². The van der Waals surface area contributed by atoms with E-state index in [0.717, 1.165) is 32.5 Å². The van der Waals surface area contributed by atoms with Crippen LogP contribution in [-0.4, -0.2) is 11.1 Å². The molecule has 0 aromatic heterocycles. The number of nitrogens with zero attached hydrogens (tertiary/aromatic N) is 2. The normalized spacial score (nSPS) is 16.8. The zero-order valence-corrected chi connectivity index (χ0v) is 18.5. The molecule has 5 heteroatoms. The smallest absolute Gasteiger partial charge is 0.268 e. The largest absolute Gasteiger partial charge is 0.271 e. The molecule has 1 amide bonds. The molecule has 0 bridgehead atoms. The number of hydrogen-bond acceptors (Lipinski definition) is 3. The average molecular weight is 463 g/mol. The van der Waals surface area contributed by atoms with Gasteiger partial charge in [0.1, 0.15) is 0 Å². The maximum atomic E-state index is 13.3. The van der Waals surface area contributed by atoms with Gasteiger partial charge in [-0.15, -0.1) is 0 Å². The van der Waals surface area contributed by atoms with Crippen LogP contribution in [0.25, 0.3) is 6.08 Å². The molecular formula is C24H19BrN2OS. The van der Waals surface area contributed by atoms with E-state index < -0.39 is 0 Å². The molecule has 1 aliphatic rings. The van der Waals surface area contributed by atoms with Crippen LogP contribution in [0.15, 0.2) is 87.2 Å². The van der Waals surface area contributed by atoms with E-state index in [-0.39, 0.29) is 5.91 Å². The second-order valence-electron chi connectivity index (χ2n) is 6.77. The molecule has 3 nitrogen and oxygen atoms in total. The van der Waals surface area contributed by atoms with Crippen LogP contribution in [0.5, 0.6) is 0 Å². The van der Waals surface area contributed by atoms with E-state index >= 15 is 0 Å². The molecule has 144 valence electrons. The third-order valence-electron chi connectivity index (χ3n) is 4.64. The highest BCUT2D eigenvalue weighted by Gasteiger charge is 2.34. The van der Waals surface area contributed by atoms with Crippen LogP contribution >= 0.6 is 27.7 Å². The highest BCUT2D eigenvalue weighted by molar-refractivity contribution is 9.10. The van der Waals surface area contributed by atoms with E-state index in [2.05, 4.69) is 15.9 Å². The zero-order chi connectivity index (χ0) is 20.4. The van der Waals surface area contributed by atoms with E-state index in [1.807, 2.05) is 92.7 Å². The van der Waals surface area contributed by atoms with Gasteiger partial charge in [-0.1, -0.05) is 64.5 Å². The van der Waals surface area contributed by atoms with Crippen molar-refractivity contribution in [2.75, 3.05) is 4.90 Å². The van der Waals surface area contributed by atoms with Crippen LogP contribution in [0.1, 0.15) is 16.7 Å². The number of halogens is 1. The van der Waals surface area contributed by atoms with Gasteiger partial charge in [0.15, 0.2) is 5.17 Å². The number of amides is 1. The SMILES string of the molecule is Cc1cccc(C)c1N=C1SC(=Cc2ccc(Br)cc2)C(=O)N1c1ccccc1. The Morgan fingerprint density at radius 2 is 1.55 bits per heavy atom. The third-order valence-corrected chi connectivity index (χ3v) is 6.13. The number of para-hydroxylation sites is 2. The molecule has 3 aromatic rings. The molecule has 0 unspecified atom stereocenters. The Morgan fingerprint density at radius 1 is 0.897 bits per heavy atom. The molecule has 1 aliphatic heterocycles. The lowest BCUT2D eigenvalue weighted by Crippen LogP contribution is -2.28. The summed E-state index contributed by atoms with van der Waals surface area (Å²) in [6.45, 7) is 4.08. The first kappa shape index (κ1) is 19.7. The van der Waals surface area contributed by atoms with Crippen molar-refractivity contribution >= 4 is 56.2 Å². The van der Waals surface area contributed by atoms with Crippen molar-refractivity contribution in [3.8, 4) is 0 Å². The fourth-order valence-corrected chi connectivity index (χ4v) is 4.39. The molecule has 29 heavy (non-hydrogen) atoms. The van der Waals surface area contributed by atoms with Crippen molar-refractivity contribution in [2.24, 2.45) is 4.99 Å². The summed E-state index contributed by atoms with van der Waals surface area (Å²) in [4.78, 5) is 20.6. The molecular weight excluding hydrogens is 444 g/mol. The van der Waals surface area contributed by atoms with Crippen molar-refractivity contribution in [1.29, 1.82) is 0 Å². The number of hydrogen-bond donors (Lipinski definition) is 0. The molecule has 0 saturated carbocycles. The van der Waals surface area contributed by atoms with Crippen molar-refractivity contribution in [2.45, 2.75) is 13.8 Å². The van der Waals surface area contributed by atoms with Gasteiger partial charge in [0, 0.05) is 4.47 Å². The molecule has 1 saturated heterocycles. The highest BCUT2D eigenvalue weighted by Crippen LogP contribution is 2.38.